The van der Waals surface area contributed by atoms with Crippen LogP contribution in [0.3, 0.4) is 0 Å². The Morgan fingerprint density at radius 1 is 1.35 bits per heavy atom. The number of alkyl halides is 3. The summed E-state index contributed by atoms with van der Waals surface area (Å²) in [6.07, 6.45) is -5.01. The van der Waals surface area contributed by atoms with Crippen LogP contribution in [0.25, 0.3) is 0 Å². The van der Waals surface area contributed by atoms with Gasteiger partial charge in [0, 0.05) is 0 Å². The molecule has 4 nitrogen and oxygen atoms in total. The van der Waals surface area contributed by atoms with Gasteiger partial charge in [-0.25, -0.2) is 4.79 Å². The maximum Gasteiger partial charge on any atom is 0.419 e. The molecule has 0 fully saturated rings. The summed E-state index contributed by atoms with van der Waals surface area (Å²) in [4.78, 5) is 11.2. The number of halogens is 3. The third-order valence-electron chi connectivity index (χ3n) is 2.24. The lowest BCUT2D eigenvalue weighted by Gasteiger charge is -2.15. The molecule has 0 aliphatic carbocycles. The minimum Gasteiger partial charge on any atom is -0.481 e. The maximum absolute atomic E-state index is 12.8. The van der Waals surface area contributed by atoms with Crippen molar-refractivity contribution < 1.29 is 32.5 Å². The summed E-state index contributed by atoms with van der Waals surface area (Å²) in [5, 5.41) is 8.85. The molecule has 0 heterocycles. The van der Waals surface area contributed by atoms with Crippen molar-refractivity contribution in [3.63, 3.8) is 0 Å². The number of aliphatic hydroxyl groups is 1. The Kier molecular flexibility index (Phi) is 5.38. The van der Waals surface area contributed by atoms with Crippen molar-refractivity contribution in [2.75, 3.05) is 6.61 Å². The summed E-state index contributed by atoms with van der Waals surface area (Å²) in [5.41, 5.74) is -0.934. The van der Waals surface area contributed by atoms with Crippen LogP contribution in [0.15, 0.2) is 18.2 Å². The molecular weight excluding hydrogens is 277 g/mol. The number of ether oxygens (including phenoxy) is 2. The third-order valence-corrected chi connectivity index (χ3v) is 2.24. The Bertz CT molecular complexity index is 469. The van der Waals surface area contributed by atoms with Gasteiger partial charge in [-0.3, -0.25) is 0 Å². The summed E-state index contributed by atoms with van der Waals surface area (Å²) >= 11 is 0. The van der Waals surface area contributed by atoms with Crippen molar-refractivity contribution in [1.29, 1.82) is 0 Å². The fourth-order valence-corrected chi connectivity index (χ4v) is 1.46. The molecular formula is C13H15F3O4. The van der Waals surface area contributed by atoms with Gasteiger partial charge in [0.2, 0.25) is 0 Å². The van der Waals surface area contributed by atoms with E-state index in [1.807, 2.05) is 0 Å². The summed E-state index contributed by atoms with van der Waals surface area (Å²) in [6.45, 7) is 2.11. The zero-order chi connectivity index (χ0) is 15.3. The predicted molar refractivity (Wildman–Crippen MR) is 64.1 cm³/mol. The van der Waals surface area contributed by atoms with E-state index in [-0.39, 0.29) is 11.7 Å². The highest BCUT2D eigenvalue weighted by Gasteiger charge is 2.34. The van der Waals surface area contributed by atoms with Gasteiger partial charge in [0.25, 0.3) is 0 Å². The lowest BCUT2D eigenvalue weighted by Crippen LogP contribution is -2.20. The van der Waals surface area contributed by atoms with E-state index in [1.165, 1.54) is 6.07 Å². The van der Waals surface area contributed by atoms with Gasteiger partial charge in [0.1, 0.15) is 5.75 Å². The number of hydrogen-bond donors (Lipinski definition) is 1. The molecule has 0 bridgehead atoms. The van der Waals surface area contributed by atoms with Gasteiger partial charge >= 0.3 is 12.1 Å². The van der Waals surface area contributed by atoms with E-state index >= 15 is 0 Å². The highest BCUT2D eigenvalue weighted by atomic mass is 19.4. The number of aliphatic hydroxyl groups excluding tert-OH is 1. The molecule has 0 spiro atoms. The van der Waals surface area contributed by atoms with Gasteiger partial charge in [-0.1, -0.05) is 6.07 Å². The van der Waals surface area contributed by atoms with Gasteiger partial charge in [0.15, 0.2) is 6.61 Å². The van der Waals surface area contributed by atoms with Gasteiger partial charge in [-0.05, 0) is 31.5 Å². The zero-order valence-electron chi connectivity index (χ0n) is 11.0. The van der Waals surface area contributed by atoms with Crippen molar-refractivity contribution in [3.8, 4) is 5.75 Å². The summed E-state index contributed by atoms with van der Waals surface area (Å²) in [7, 11) is 0. The van der Waals surface area contributed by atoms with Gasteiger partial charge in [-0.15, -0.1) is 0 Å². The Morgan fingerprint density at radius 3 is 2.50 bits per heavy atom. The molecule has 1 rings (SSSR count). The monoisotopic (exact) mass is 292 g/mol. The molecule has 20 heavy (non-hydrogen) atoms. The first kappa shape index (κ1) is 16.3. The number of esters is 1. The fourth-order valence-electron chi connectivity index (χ4n) is 1.46. The van der Waals surface area contributed by atoms with Crippen LogP contribution in [-0.4, -0.2) is 23.8 Å². The van der Waals surface area contributed by atoms with E-state index in [9.17, 15) is 18.0 Å². The summed E-state index contributed by atoms with van der Waals surface area (Å²) in [5.74, 6) is -1.23. The molecule has 0 aromatic heterocycles. The topological polar surface area (TPSA) is 55.8 Å². The van der Waals surface area contributed by atoms with Crippen LogP contribution >= 0.6 is 0 Å². The second-order valence-electron chi connectivity index (χ2n) is 4.31. The molecule has 1 aromatic carbocycles. The second-order valence-corrected chi connectivity index (χ2v) is 4.31. The van der Waals surface area contributed by atoms with Crippen LogP contribution in [0.4, 0.5) is 13.2 Å². The quantitative estimate of drug-likeness (QED) is 0.847. The zero-order valence-corrected chi connectivity index (χ0v) is 11.0. The number of carbonyl (C=O) groups is 1. The van der Waals surface area contributed by atoms with E-state index in [4.69, 9.17) is 14.6 Å². The van der Waals surface area contributed by atoms with E-state index in [0.29, 0.717) is 0 Å². The van der Waals surface area contributed by atoms with Crippen LogP contribution in [0, 0.1) is 0 Å². The minimum atomic E-state index is -4.64. The number of benzene rings is 1. The van der Waals surface area contributed by atoms with Crippen LogP contribution in [0.5, 0.6) is 5.75 Å². The van der Waals surface area contributed by atoms with Crippen LogP contribution in [0.2, 0.25) is 0 Å². The Morgan fingerprint density at radius 2 is 2.00 bits per heavy atom. The Balaban J connectivity index is 2.87. The van der Waals surface area contributed by atoms with E-state index in [2.05, 4.69) is 0 Å². The Hall–Kier alpha value is -1.76. The molecule has 0 saturated carbocycles. The molecule has 112 valence electrons. The predicted octanol–water partition coefficient (Wildman–Crippen LogP) is 2.53. The van der Waals surface area contributed by atoms with E-state index < -0.39 is 36.7 Å². The molecule has 0 atom stereocenters. The van der Waals surface area contributed by atoms with Crippen molar-refractivity contribution in [3.05, 3.63) is 29.3 Å². The van der Waals surface area contributed by atoms with Crippen molar-refractivity contribution >= 4 is 5.97 Å². The lowest BCUT2D eigenvalue weighted by atomic mass is 10.1. The fraction of sp³-hybridized carbons (Fsp3) is 0.462. The van der Waals surface area contributed by atoms with Gasteiger partial charge in [0.05, 0.1) is 18.3 Å². The highest BCUT2D eigenvalue weighted by Crippen LogP contribution is 2.36. The first-order valence-corrected chi connectivity index (χ1v) is 5.87. The largest absolute Gasteiger partial charge is 0.481 e. The number of hydrogen-bond acceptors (Lipinski definition) is 4. The molecule has 7 heteroatoms. The molecule has 0 aliphatic rings. The Labute approximate surface area is 114 Å². The van der Waals surface area contributed by atoms with Crippen LogP contribution in [-0.2, 0) is 22.3 Å². The SMILES string of the molecule is CC(C)OC(=O)COc1ccc(CO)cc1C(F)(F)F. The second kappa shape index (κ2) is 6.60. The average Bonchev–Trinajstić information content (AvgIpc) is 2.34. The van der Waals surface area contributed by atoms with Gasteiger partial charge in [-0.2, -0.15) is 13.2 Å². The lowest BCUT2D eigenvalue weighted by molar-refractivity contribution is -0.151. The molecule has 0 saturated heterocycles. The highest BCUT2D eigenvalue weighted by molar-refractivity contribution is 5.71. The smallest absolute Gasteiger partial charge is 0.419 e. The van der Waals surface area contributed by atoms with Crippen molar-refractivity contribution in [1.82, 2.24) is 0 Å². The molecule has 1 N–H and O–H groups in total. The summed E-state index contributed by atoms with van der Waals surface area (Å²) < 4.78 is 48.1. The van der Waals surface area contributed by atoms with Crippen LogP contribution < -0.4 is 4.74 Å². The molecule has 0 amide bonds. The van der Waals surface area contributed by atoms with Gasteiger partial charge < -0.3 is 14.6 Å². The maximum atomic E-state index is 12.8. The minimum absolute atomic E-state index is 0.106. The molecule has 0 unspecified atom stereocenters. The number of rotatable bonds is 5. The first-order chi connectivity index (χ1) is 9.24. The first-order valence-electron chi connectivity index (χ1n) is 5.87. The van der Waals surface area contributed by atoms with E-state index in [1.54, 1.807) is 13.8 Å². The van der Waals surface area contributed by atoms with Crippen LogP contribution in [0.1, 0.15) is 25.0 Å². The number of carbonyl (C=O) groups excluding carboxylic acids is 1. The van der Waals surface area contributed by atoms with Crippen molar-refractivity contribution in [2.45, 2.75) is 32.7 Å². The molecule has 0 aliphatic heterocycles. The standard InChI is InChI=1S/C13H15F3O4/c1-8(2)20-12(18)7-19-11-4-3-9(6-17)5-10(11)13(14,15)16/h3-5,8,17H,6-7H2,1-2H3. The molecule has 0 radical (unpaired) electrons. The van der Waals surface area contributed by atoms with Crippen molar-refractivity contribution in [2.24, 2.45) is 0 Å². The third kappa shape index (κ3) is 4.73. The normalized spacial score (nSPS) is 11.6. The average molecular weight is 292 g/mol. The molecule has 1 aromatic rings. The summed E-state index contributed by atoms with van der Waals surface area (Å²) in [6, 6.07) is 3.14. The van der Waals surface area contributed by atoms with E-state index in [0.717, 1.165) is 12.1 Å².